The zero-order valence-electron chi connectivity index (χ0n) is 9.28. The van der Waals surface area contributed by atoms with Crippen LogP contribution in [0.5, 0.6) is 0 Å². The molecule has 2 atom stereocenters. The van der Waals surface area contributed by atoms with Gasteiger partial charge in [-0.05, 0) is 18.4 Å². The van der Waals surface area contributed by atoms with Gasteiger partial charge in [0.15, 0.2) is 0 Å². The highest BCUT2D eigenvalue weighted by atomic mass is 16.5. The maximum absolute atomic E-state index is 5.62. The largest absolute Gasteiger partial charge is 0.377 e. The van der Waals surface area contributed by atoms with E-state index in [1.54, 1.807) is 0 Å². The summed E-state index contributed by atoms with van der Waals surface area (Å²) in [6.07, 6.45) is 2.38. The number of hydrogen-bond donors (Lipinski definition) is 1. The number of hydrogen-bond acceptors (Lipinski definition) is 2. The summed E-state index contributed by atoms with van der Waals surface area (Å²) >= 11 is 0. The fourth-order valence-corrected chi connectivity index (χ4v) is 1.88. The van der Waals surface area contributed by atoms with Crippen molar-refractivity contribution in [1.29, 1.82) is 0 Å². The number of ether oxygens (including phenoxy) is 1. The first kappa shape index (κ1) is 10.7. The number of benzene rings is 1. The van der Waals surface area contributed by atoms with Gasteiger partial charge in [0.25, 0.3) is 0 Å². The molecule has 1 aliphatic heterocycles. The second kappa shape index (κ2) is 5.29. The zero-order chi connectivity index (χ0) is 10.5. The van der Waals surface area contributed by atoms with Crippen LogP contribution in [0.15, 0.2) is 30.3 Å². The highest BCUT2D eigenvalue weighted by molar-refractivity contribution is 5.13. The molecule has 1 aromatic rings. The van der Waals surface area contributed by atoms with Gasteiger partial charge in [-0.25, -0.2) is 0 Å². The summed E-state index contributed by atoms with van der Waals surface area (Å²) in [5.41, 5.74) is 1.26. The van der Waals surface area contributed by atoms with Crippen molar-refractivity contribution >= 4 is 0 Å². The Morgan fingerprint density at radius 2 is 2.00 bits per heavy atom. The number of nitrogens with one attached hydrogen (secondary N) is 1. The Bertz CT molecular complexity index is 286. The Kier molecular flexibility index (Phi) is 3.75. The third-order valence-electron chi connectivity index (χ3n) is 2.93. The van der Waals surface area contributed by atoms with E-state index in [-0.39, 0.29) is 0 Å². The first-order valence-electron chi connectivity index (χ1n) is 5.78. The van der Waals surface area contributed by atoms with Crippen LogP contribution < -0.4 is 5.32 Å². The Morgan fingerprint density at radius 3 is 2.67 bits per heavy atom. The lowest BCUT2D eigenvalue weighted by molar-refractivity contribution is 0.118. The van der Waals surface area contributed by atoms with E-state index in [4.69, 9.17) is 4.74 Å². The molecule has 0 amide bonds. The van der Waals surface area contributed by atoms with E-state index in [0.717, 1.165) is 25.7 Å². The fourth-order valence-electron chi connectivity index (χ4n) is 1.88. The van der Waals surface area contributed by atoms with E-state index in [1.807, 2.05) is 18.2 Å². The predicted octanol–water partition coefficient (Wildman–Crippen LogP) is 2.34. The first-order chi connectivity index (χ1) is 7.40. The summed E-state index contributed by atoms with van der Waals surface area (Å²) in [5.74, 6) is 0. The van der Waals surface area contributed by atoms with E-state index in [1.165, 1.54) is 12.0 Å². The van der Waals surface area contributed by atoms with Crippen molar-refractivity contribution < 1.29 is 4.74 Å². The minimum absolute atomic E-state index is 0.714. The second-order valence-corrected chi connectivity index (χ2v) is 4.11. The minimum Gasteiger partial charge on any atom is -0.377 e. The zero-order valence-corrected chi connectivity index (χ0v) is 9.28. The van der Waals surface area contributed by atoms with Crippen molar-refractivity contribution in [2.75, 3.05) is 6.61 Å². The average molecular weight is 205 g/mol. The van der Waals surface area contributed by atoms with Gasteiger partial charge in [-0.3, -0.25) is 0 Å². The smallest absolute Gasteiger partial charge is 0.0716 e. The minimum atomic E-state index is 0.714. The van der Waals surface area contributed by atoms with E-state index in [2.05, 4.69) is 24.4 Å². The van der Waals surface area contributed by atoms with Gasteiger partial charge in [0.05, 0.1) is 6.61 Å². The lowest BCUT2D eigenvalue weighted by Crippen LogP contribution is -2.01. The van der Waals surface area contributed by atoms with Crippen LogP contribution in [0.2, 0.25) is 0 Å². The molecule has 82 valence electrons. The summed E-state index contributed by atoms with van der Waals surface area (Å²) in [4.78, 5) is 0. The van der Waals surface area contributed by atoms with Crippen molar-refractivity contribution in [2.45, 2.75) is 38.5 Å². The van der Waals surface area contributed by atoms with Crippen LogP contribution >= 0.6 is 0 Å². The molecule has 2 rings (SSSR count). The highest BCUT2D eigenvalue weighted by Crippen LogP contribution is 2.17. The third kappa shape index (κ3) is 3.33. The molecular formula is C13H19NO. The van der Waals surface area contributed by atoms with Crippen LogP contribution in [0.3, 0.4) is 0 Å². The summed E-state index contributed by atoms with van der Waals surface area (Å²) < 4.78 is 5.62. The average Bonchev–Trinajstić information content (AvgIpc) is 3.05. The predicted molar refractivity (Wildman–Crippen MR) is 61.7 cm³/mol. The van der Waals surface area contributed by atoms with Gasteiger partial charge in [-0.15, -0.1) is 0 Å². The molecule has 1 N–H and O–H groups in total. The Balaban J connectivity index is 1.56. The monoisotopic (exact) mass is 205 g/mol. The molecule has 2 nitrogen and oxygen atoms in total. The van der Waals surface area contributed by atoms with Gasteiger partial charge in [-0.2, -0.15) is 0 Å². The molecule has 0 radical (unpaired) electrons. The van der Waals surface area contributed by atoms with Crippen molar-refractivity contribution in [1.82, 2.24) is 5.32 Å². The van der Waals surface area contributed by atoms with E-state index < -0.39 is 0 Å². The maximum atomic E-state index is 5.62. The van der Waals surface area contributed by atoms with Crippen molar-refractivity contribution in [3.63, 3.8) is 0 Å². The van der Waals surface area contributed by atoms with Crippen LogP contribution in [-0.2, 0) is 11.3 Å². The third-order valence-corrected chi connectivity index (χ3v) is 2.93. The molecule has 2 heteroatoms. The molecule has 0 spiro atoms. The van der Waals surface area contributed by atoms with Gasteiger partial charge < -0.3 is 10.1 Å². The van der Waals surface area contributed by atoms with Crippen LogP contribution in [0, 0.1) is 0 Å². The SMILES string of the molecule is CC[C@H]1N[C@@H]1CCOCc1ccccc1. The van der Waals surface area contributed by atoms with Crippen LogP contribution in [-0.4, -0.2) is 18.7 Å². The summed E-state index contributed by atoms with van der Waals surface area (Å²) in [6.45, 7) is 3.83. The summed E-state index contributed by atoms with van der Waals surface area (Å²) in [5, 5.41) is 3.44. The molecule has 1 heterocycles. The van der Waals surface area contributed by atoms with Crippen LogP contribution in [0.1, 0.15) is 25.3 Å². The van der Waals surface area contributed by atoms with Crippen molar-refractivity contribution in [3.8, 4) is 0 Å². The standard InChI is InChI=1S/C13H19NO/c1-2-12-13(14-12)8-9-15-10-11-6-4-3-5-7-11/h3-7,12-14H,2,8-10H2,1H3/t12-,13-/m1/s1. The molecule has 1 aromatic carbocycles. The summed E-state index contributed by atoms with van der Waals surface area (Å²) in [6, 6.07) is 11.8. The maximum Gasteiger partial charge on any atom is 0.0716 e. The van der Waals surface area contributed by atoms with Gasteiger partial charge in [-0.1, -0.05) is 37.3 Å². The van der Waals surface area contributed by atoms with Crippen LogP contribution in [0.25, 0.3) is 0 Å². The molecule has 1 fully saturated rings. The molecule has 1 saturated heterocycles. The molecule has 0 aromatic heterocycles. The van der Waals surface area contributed by atoms with E-state index >= 15 is 0 Å². The normalized spacial score (nSPS) is 24.1. The van der Waals surface area contributed by atoms with Crippen molar-refractivity contribution in [3.05, 3.63) is 35.9 Å². The van der Waals surface area contributed by atoms with E-state index in [0.29, 0.717) is 6.04 Å². The summed E-state index contributed by atoms with van der Waals surface area (Å²) in [7, 11) is 0. The molecule has 0 saturated carbocycles. The first-order valence-corrected chi connectivity index (χ1v) is 5.78. The van der Waals surface area contributed by atoms with Gasteiger partial charge >= 0.3 is 0 Å². The van der Waals surface area contributed by atoms with Gasteiger partial charge in [0.2, 0.25) is 0 Å². The van der Waals surface area contributed by atoms with Crippen molar-refractivity contribution in [2.24, 2.45) is 0 Å². The molecule has 1 aliphatic rings. The molecular weight excluding hydrogens is 186 g/mol. The molecule has 0 unspecified atom stereocenters. The lowest BCUT2D eigenvalue weighted by Gasteiger charge is -2.03. The topological polar surface area (TPSA) is 31.2 Å². The van der Waals surface area contributed by atoms with Crippen LogP contribution in [0.4, 0.5) is 0 Å². The van der Waals surface area contributed by atoms with Gasteiger partial charge in [0.1, 0.15) is 0 Å². The Hall–Kier alpha value is -0.860. The molecule has 0 aliphatic carbocycles. The lowest BCUT2D eigenvalue weighted by atomic mass is 10.2. The molecule has 0 bridgehead atoms. The highest BCUT2D eigenvalue weighted by Gasteiger charge is 2.33. The number of rotatable bonds is 6. The molecule has 15 heavy (non-hydrogen) atoms. The Morgan fingerprint density at radius 1 is 1.20 bits per heavy atom. The van der Waals surface area contributed by atoms with E-state index in [9.17, 15) is 0 Å². The Labute approximate surface area is 91.6 Å². The second-order valence-electron chi connectivity index (χ2n) is 4.11. The van der Waals surface area contributed by atoms with Gasteiger partial charge in [0, 0.05) is 18.7 Å². The fraction of sp³-hybridized carbons (Fsp3) is 0.538. The quantitative estimate of drug-likeness (QED) is 0.571.